The second-order valence-electron chi connectivity index (χ2n) is 2.77. The first-order valence-electron chi connectivity index (χ1n) is 4.39. The number of azide groups is 1. The van der Waals surface area contributed by atoms with Gasteiger partial charge in [-0.1, -0.05) is 17.3 Å². The third-order valence-electron chi connectivity index (χ3n) is 1.59. The molecule has 16 heavy (non-hydrogen) atoms. The zero-order valence-corrected chi connectivity index (χ0v) is 9.09. The van der Waals surface area contributed by atoms with Crippen LogP contribution in [0.3, 0.4) is 0 Å². The molecule has 1 aromatic rings. The number of carbonyl (C=O) groups is 1. The van der Waals surface area contributed by atoms with Gasteiger partial charge in [0, 0.05) is 22.4 Å². The molecular weight excluding hydrogens is 226 g/mol. The molecule has 0 unspecified atom stereocenters. The first kappa shape index (κ1) is 12.0. The van der Waals surface area contributed by atoms with Crippen LogP contribution in [0.5, 0.6) is 0 Å². The van der Waals surface area contributed by atoms with Crippen molar-refractivity contribution in [1.29, 1.82) is 0 Å². The van der Waals surface area contributed by atoms with E-state index in [-0.39, 0.29) is 0 Å². The van der Waals surface area contributed by atoms with E-state index in [0.29, 0.717) is 6.54 Å². The standard InChI is InChI=1S/C10H9N3O2S/c11-13-12-5-1-2-8-6-9(16-7-8)3-4-10(14)15/h1-4,6-7H,5H2,(H,14,15)/b2-1?,4-3+. The van der Waals surface area contributed by atoms with Gasteiger partial charge < -0.3 is 5.11 Å². The second kappa shape index (κ2) is 6.44. The van der Waals surface area contributed by atoms with Crippen LogP contribution in [0.4, 0.5) is 0 Å². The van der Waals surface area contributed by atoms with E-state index in [0.717, 1.165) is 16.5 Å². The molecular formula is C10H9N3O2S. The van der Waals surface area contributed by atoms with Crippen molar-refractivity contribution in [2.75, 3.05) is 6.54 Å². The summed E-state index contributed by atoms with van der Waals surface area (Å²) < 4.78 is 0. The zero-order valence-electron chi connectivity index (χ0n) is 8.28. The van der Waals surface area contributed by atoms with Crippen molar-refractivity contribution >= 4 is 29.5 Å². The van der Waals surface area contributed by atoms with Crippen molar-refractivity contribution in [3.63, 3.8) is 0 Å². The van der Waals surface area contributed by atoms with Crippen LogP contribution >= 0.6 is 11.3 Å². The molecule has 6 heteroatoms. The Morgan fingerprint density at radius 3 is 3.12 bits per heavy atom. The second-order valence-corrected chi connectivity index (χ2v) is 3.71. The van der Waals surface area contributed by atoms with E-state index in [2.05, 4.69) is 10.0 Å². The van der Waals surface area contributed by atoms with Crippen LogP contribution in [0.1, 0.15) is 10.4 Å². The van der Waals surface area contributed by atoms with E-state index in [9.17, 15) is 4.79 Å². The molecule has 0 radical (unpaired) electrons. The number of carboxylic acids is 1. The van der Waals surface area contributed by atoms with Gasteiger partial charge in [-0.25, -0.2) is 4.79 Å². The van der Waals surface area contributed by atoms with Crippen molar-refractivity contribution in [1.82, 2.24) is 0 Å². The number of hydrogen-bond acceptors (Lipinski definition) is 3. The fourth-order valence-electron chi connectivity index (χ4n) is 0.969. The highest BCUT2D eigenvalue weighted by Gasteiger charge is 1.94. The molecule has 5 nitrogen and oxygen atoms in total. The molecule has 1 aromatic heterocycles. The Bertz CT molecular complexity index is 470. The largest absolute Gasteiger partial charge is 0.478 e. The summed E-state index contributed by atoms with van der Waals surface area (Å²) in [5, 5.41) is 13.7. The first-order chi connectivity index (χ1) is 7.72. The lowest BCUT2D eigenvalue weighted by molar-refractivity contribution is -0.131. The van der Waals surface area contributed by atoms with Crippen LogP contribution in [0, 0.1) is 0 Å². The first-order valence-corrected chi connectivity index (χ1v) is 5.27. The van der Waals surface area contributed by atoms with Gasteiger partial charge in [0.05, 0.1) is 0 Å². The highest BCUT2D eigenvalue weighted by molar-refractivity contribution is 7.11. The van der Waals surface area contributed by atoms with Gasteiger partial charge >= 0.3 is 5.97 Å². The molecule has 0 fully saturated rings. The van der Waals surface area contributed by atoms with Crippen molar-refractivity contribution in [3.8, 4) is 0 Å². The molecule has 0 bridgehead atoms. The Morgan fingerprint density at radius 2 is 2.44 bits per heavy atom. The van der Waals surface area contributed by atoms with Crippen molar-refractivity contribution in [3.05, 3.63) is 44.5 Å². The molecule has 0 aliphatic heterocycles. The average molecular weight is 235 g/mol. The maximum Gasteiger partial charge on any atom is 0.328 e. The van der Waals surface area contributed by atoms with E-state index in [1.54, 1.807) is 6.08 Å². The number of aliphatic carboxylic acids is 1. The minimum atomic E-state index is -0.964. The zero-order chi connectivity index (χ0) is 11.8. The molecule has 0 saturated carbocycles. The number of rotatable bonds is 5. The smallest absolute Gasteiger partial charge is 0.328 e. The summed E-state index contributed by atoms with van der Waals surface area (Å²) in [5.41, 5.74) is 9.01. The molecule has 82 valence electrons. The number of thiophene rings is 1. The van der Waals surface area contributed by atoms with Crippen molar-refractivity contribution in [2.45, 2.75) is 0 Å². The molecule has 0 aliphatic rings. The Balaban J connectivity index is 2.61. The SMILES string of the molecule is [N-]=[N+]=NCC=Cc1csc(/C=C/C(=O)O)c1. The van der Waals surface area contributed by atoms with Crippen LogP contribution in [-0.2, 0) is 4.79 Å². The third kappa shape index (κ3) is 4.45. The highest BCUT2D eigenvalue weighted by Crippen LogP contribution is 2.17. The summed E-state index contributed by atoms with van der Waals surface area (Å²) in [6, 6.07) is 1.86. The summed E-state index contributed by atoms with van der Waals surface area (Å²) in [4.78, 5) is 13.8. The predicted molar refractivity (Wildman–Crippen MR) is 64.0 cm³/mol. The monoisotopic (exact) mass is 235 g/mol. The Labute approximate surface area is 96.0 Å². The summed E-state index contributed by atoms with van der Waals surface area (Å²) in [5.74, 6) is -0.964. The van der Waals surface area contributed by atoms with Crippen LogP contribution in [0.2, 0.25) is 0 Å². The molecule has 0 amide bonds. The van der Waals surface area contributed by atoms with Gasteiger partial charge in [0.1, 0.15) is 0 Å². The van der Waals surface area contributed by atoms with Crippen LogP contribution < -0.4 is 0 Å². The van der Waals surface area contributed by atoms with E-state index in [1.807, 2.05) is 17.5 Å². The van der Waals surface area contributed by atoms with Gasteiger partial charge in [-0.3, -0.25) is 0 Å². The fourth-order valence-corrected chi connectivity index (χ4v) is 1.74. The molecule has 1 rings (SSSR count). The van der Waals surface area contributed by atoms with Crippen molar-refractivity contribution < 1.29 is 9.90 Å². The molecule has 1 N–H and O–H groups in total. The fraction of sp³-hybridized carbons (Fsp3) is 0.100. The summed E-state index contributed by atoms with van der Waals surface area (Å²) in [7, 11) is 0. The Morgan fingerprint density at radius 1 is 1.62 bits per heavy atom. The Hall–Kier alpha value is -2.04. The third-order valence-corrected chi connectivity index (χ3v) is 2.51. The number of nitrogens with zero attached hydrogens (tertiary/aromatic N) is 3. The lowest BCUT2D eigenvalue weighted by Crippen LogP contribution is -1.84. The molecule has 0 spiro atoms. The average Bonchev–Trinajstić information content (AvgIpc) is 2.70. The van der Waals surface area contributed by atoms with Gasteiger partial charge in [0.15, 0.2) is 0 Å². The van der Waals surface area contributed by atoms with E-state index >= 15 is 0 Å². The van der Waals surface area contributed by atoms with E-state index in [1.165, 1.54) is 17.4 Å². The van der Waals surface area contributed by atoms with Gasteiger partial charge in [-0.15, -0.1) is 11.3 Å². The maximum atomic E-state index is 10.3. The van der Waals surface area contributed by atoms with Gasteiger partial charge in [0.25, 0.3) is 0 Å². The Kier molecular flexibility index (Phi) is 4.85. The minimum absolute atomic E-state index is 0.312. The van der Waals surface area contributed by atoms with Crippen LogP contribution in [-0.4, -0.2) is 17.6 Å². The molecule has 1 heterocycles. The van der Waals surface area contributed by atoms with Crippen LogP contribution in [0.25, 0.3) is 22.6 Å². The lowest BCUT2D eigenvalue weighted by atomic mass is 10.3. The molecule has 0 aliphatic carbocycles. The highest BCUT2D eigenvalue weighted by atomic mass is 32.1. The van der Waals surface area contributed by atoms with Gasteiger partial charge in [-0.05, 0) is 28.6 Å². The number of carboxylic acid groups (broad SMARTS) is 1. The van der Waals surface area contributed by atoms with E-state index < -0.39 is 5.97 Å². The van der Waals surface area contributed by atoms with E-state index in [4.69, 9.17) is 10.6 Å². The van der Waals surface area contributed by atoms with Gasteiger partial charge in [-0.2, -0.15) is 0 Å². The van der Waals surface area contributed by atoms with Crippen molar-refractivity contribution in [2.24, 2.45) is 5.11 Å². The molecule has 0 saturated heterocycles. The van der Waals surface area contributed by atoms with Gasteiger partial charge in [0.2, 0.25) is 0 Å². The maximum absolute atomic E-state index is 10.3. The topological polar surface area (TPSA) is 86.1 Å². The normalized spacial score (nSPS) is 10.8. The molecule has 0 atom stereocenters. The number of hydrogen-bond donors (Lipinski definition) is 1. The predicted octanol–water partition coefficient (Wildman–Crippen LogP) is 3.17. The minimum Gasteiger partial charge on any atom is -0.478 e. The summed E-state index contributed by atoms with van der Waals surface area (Å²) in [6.07, 6.45) is 6.20. The summed E-state index contributed by atoms with van der Waals surface area (Å²) >= 11 is 1.45. The quantitative estimate of drug-likeness (QED) is 0.368. The lowest BCUT2D eigenvalue weighted by Gasteiger charge is -1.82. The summed E-state index contributed by atoms with van der Waals surface area (Å²) in [6.45, 7) is 0.312. The molecule has 0 aromatic carbocycles. The van der Waals surface area contributed by atoms with Crippen LogP contribution in [0.15, 0.2) is 28.7 Å².